The van der Waals surface area contributed by atoms with Crippen LogP contribution in [-0.4, -0.2) is 85.0 Å². The van der Waals surface area contributed by atoms with Crippen LogP contribution >= 0.6 is 11.8 Å². The van der Waals surface area contributed by atoms with Gasteiger partial charge in [-0.25, -0.2) is 0 Å². The van der Waals surface area contributed by atoms with E-state index in [9.17, 15) is 4.79 Å². The first kappa shape index (κ1) is 16.1. The Hall–Kier alpha value is -0.260. The second-order valence-corrected chi connectivity index (χ2v) is 7.16. The SMILES string of the molecule is CSCCN1CCN(C(=O)CN2CCC(C)CC2)CC1. The number of nitrogens with zero attached hydrogens (tertiary/aromatic N) is 3. The highest BCUT2D eigenvalue weighted by Crippen LogP contribution is 2.16. The van der Waals surface area contributed by atoms with Crippen molar-refractivity contribution in [2.45, 2.75) is 19.8 Å². The van der Waals surface area contributed by atoms with E-state index in [0.717, 1.165) is 51.7 Å². The molecule has 0 atom stereocenters. The topological polar surface area (TPSA) is 26.8 Å². The molecule has 2 heterocycles. The van der Waals surface area contributed by atoms with Crippen molar-refractivity contribution in [2.24, 2.45) is 5.92 Å². The fraction of sp³-hybridized carbons (Fsp3) is 0.933. The number of carbonyl (C=O) groups is 1. The number of hydrogen-bond acceptors (Lipinski definition) is 4. The summed E-state index contributed by atoms with van der Waals surface area (Å²) in [5, 5.41) is 0. The Morgan fingerprint density at radius 3 is 2.30 bits per heavy atom. The summed E-state index contributed by atoms with van der Waals surface area (Å²) >= 11 is 1.90. The van der Waals surface area contributed by atoms with E-state index in [0.29, 0.717) is 12.5 Å². The van der Waals surface area contributed by atoms with Gasteiger partial charge in [0.2, 0.25) is 5.91 Å². The third-order valence-corrected chi connectivity index (χ3v) is 5.16. The molecule has 0 aromatic carbocycles. The van der Waals surface area contributed by atoms with E-state index in [1.807, 2.05) is 11.8 Å². The van der Waals surface area contributed by atoms with Crippen LogP contribution in [0.2, 0.25) is 0 Å². The molecular formula is C15H29N3OS. The zero-order valence-corrected chi connectivity index (χ0v) is 13.8. The number of amides is 1. The molecule has 0 aliphatic carbocycles. The molecule has 0 radical (unpaired) electrons. The van der Waals surface area contributed by atoms with Gasteiger partial charge in [-0.1, -0.05) is 6.92 Å². The molecule has 5 heteroatoms. The van der Waals surface area contributed by atoms with Crippen LogP contribution in [0.25, 0.3) is 0 Å². The van der Waals surface area contributed by atoms with Gasteiger partial charge in [-0.05, 0) is 38.1 Å². The smallest absolute Gasteiger partial charge is 0.236 e. The maximum Gasteiger partial charge on any atom is 0.236 e. The first-order chi connectivity index (χ1) is 9.69. The Morgan fingerprint density at radius 2 is 1.70 bits per heavy atom. The van der Waals surface area contributed by atoms with Gasteiger partial charge in [-0.3, -0.25) is 14.6 Å². The van der Waals surface area contributed by atoms with E-state index < -0.39 is 0 Å². The van der Waals surface area contributed by atoms with Gasteiger partial charge in [-0.2, -0.15) is 11.8 Å². The fourth-order valence-electron chi connectivity index (χ4n) is 2.95. The summed E-state index contributed by atoms with van der Waals surface area (Å²) in [6, 6.07) is 0. The predicted octanol–water partition coefficient (Wildman–Crippen LogP) is 1.23. The summed E-state index contributed by atoms with van der Waals surface area (Å²) < 4.78 is 0. The van der Waals surface area contributed by atoms with Crippen molar-refractivity contribution in [1.29, 1.82) is 0 Å². The summed E-state index contributed by atoms with van der Waals surface area (Å²) in [5.74, 6) is 2.37. The molecular weight excluding hydrogens is 270 g/mol. The molecule has 1 amide bonds. The number of thioether (sulfide) groups is 1. The Balaban J connectivity index is 1.66. The van der Waals surface area contributed by atoms with Crippen molar-refractivity contribution in [3.63, 3.8) is 0 Å². The molecule has 0 N–H and O–H groups in total. The molecule has 0 aromatic heterocycles. The van der Waals surface area contributed by atoms with Crippen molar-refractivity contribution >= 4 is 17.7 Å². The van der Waals surface area contributed by atoms with Crippen molar-refractivity contribution in [3.8, 4) is 0 Å². The second kappa shape index (κ2) is 8.25. The van der Waals surface area contributed by atoms with Crippen molar-refractivity contribution in [1.82, 2.24) is 14.7 Å². The number of hydrogen-bond donors (Lipinski definition) is 0. The minimum absolute atomic E-state index is 0.337. The molecule has 2 aliphatic heterocycles. The molecule has 0 aromatic rings. The van der Waals surface area contributed by atoms with Crippen molar-refractivity contribution < 1.29 is 4.79 Å². The third kappa shape index (κ3) is 4.93. The van der Waals surface area contributed by atoms with E-state index in [2.05, 4.69) is 27.9 Å². The normalized spacial score (nSPS) is 23.2. The van der Waals surface area contributed by atoms with Gasteiger partial charge in [0.15, 0.2) is 0 Å². The third-order valence-electron chi connectivity index (χ3n) is 4.57. The van der Waals surface area contributed by atoms with Gasteiger partial charge in [-0.15, -0.1) is 0 Å². The lowest BCUT2D eigenvalue weighted by molar-refractivity contribution is -0.134. The van der Waals surface area contributed by atoms with Crippen LogP contribution in [0.15, 0.2) is 0 Å². The van der Waals surface area contributed by atoms with Crippen LogP contribution in [0.3, 0.4) is 0 Å². The summed E-state index contributed by atoms with van der Waals surface area (Å²) in [6.45, 7) is 10.2. The molecule has 0 bridgehead atoms. The minimum Gasteiger partial charge on any atom is -0.339 e. The van der Waals surface area contributed by atoms with Gasteiger partial charge in [0.1, 0.15) is 0 Å². The largest absolute Gasteiger partial charge is 0.339 e. The van der Waals surface area contributed by atoms with Gasteiger partial charge in [0.25, 0.3) is 0 Å². The highest BCUT2D eigenvalue weighted by molar-refractivity contribution is 7.98. The Labute approximate surface area is 127 Å². The lowest BCUT2D eigenvalue weighted by atomic mass is 9.99. The number of piperazine rings is 1. The van der Waals surface area contributed by atoms with Crippen LogP contribution in [0, 0.1) is 5.92 Å². The first-order valence-corrected chi connectivity index (χ1v) is 9.30. The number of piperidine rings is 1. The number of likely N-dealkylation sites (tertiary alicyclic amines) is 1. The summed E-state index contributed by atoms with van der Waals surface area (Å²) in [5.41, 5.74) is 0. The van der Waals surface area contributed by atoms with E-state index in [4.69, 9.17) is 0 Å². The molecule has 0 unspecified atom stereocenters. The molecule has 2 rings (SSSR count). The maximum absolute atomic E-state index is 12.3. The summed E-state index contributed by atoms with van der Waals surface area (Å²) in [7, 11) is 0. The van der Waals surface area contributed by atoms with E-state index in [1.165, 1.54) is 18.6 Å². The lowest BCUT2D eigenvalue weighted by Crippen LogP contribution is -2.52. The summed E-state index contributed by atoms with van der Waals surface area (Å²) in [4.78, 5) is 19.2. The first-order valence-electron chi connectivity index (χ1n) is 7.90. The standard InChI is InChI=1S/C15H29N3OS/c1-14-3-5-17(6-4-14)13-15(19)18-9-7-16(8-10-18)11-12-20-2/h14H,3-13H2,1-2H3. The van der Waals surface area contributed by atoms with Gasteiger partial charge >= 0.3 is 0 Å². The minimum atomic E-state index is 0.337. The lowest BCUT2D eigenvalue weighted by Gasteiger charge is -2.36. The zero-order valence-electron chi connectivity index (χ0n) is 13.0. The van der Waals surface area contributed by atoms with E-state index in [-0.39, 0.29) is 0 Å². The quantitative estimate of drug-likeness (QED) is 0.763. The average molecular weight is 299 g/mol. The average Bonchev–Trinajstić information content (AvgIpc) is 2.48. The number of carbonyl (C=O) groups excluding carboxylic acids is 1. The highest BCUT2D eigenvalue weighted by atomic mass is 32.2. The fourth-order valence-corrected chi connectivity index (χ4v) is 3.39. The molecule has 0 saturated carbocycles. The molecule has 2 fully saturated rings. The molecule has 2 aliphatic rings. The Kier molecular flexibility index (Phi) is 6.65. The van der Waals surface area contributed by atoms with Crippen LogP contribution in [0.5, 0.6) is 0 Å². The molecule has 0 spiro atoms. The predicted molar refractivity (Wildman–Crippen MR) is 86.2 cm³/mol. The Bertz CT molecular complexity index is 297. The summed E-state index contributed by atoms with van der Waals surface area (Å²) in [6.07, 6.45) is 4.64. The molecule has 116 valence electrons. The van der Waals surface area contributed by atoms with Gasteiger partial charge in [0.05, 0.1) is 6.54 Å². The molecule has 2 saturated heterocycles. The highest BCUT2D eigenvalue weighted by Gasteiger charge is 2.24. The van der Waals surface area contributed by atoms with Gasteiger partial charge in [0, 0.05) is 38.5 Å². The zero-order chi connectivity index (χ0) is 14.4. The van der Waals surface area contributed by atoms with Crippen LogP contribution in [0.4, 0.5) is 0 Å². The van der Waals surface area contributed by atoms with Crippen LogP contribution < -0.4 is 0 Å². The second-order valence-electron chi connectivity index (χ2n) is 6.17. The molecule has 4 nitrogen and oxygen atoms in total. The van der Waals surface area contributed by atoms with E-state index in [1.54, 1.807) is 0 Å². The maximum atomic E-state index is 12.3. The number of rotatable bonds is 5. The monoisotopic (exact) mass is 299 g/mol. The molecule has 20 heavy (non-hydrogen) atoms. The van der Waals surface area contributed by atoms with Gasteiger partial charge < -0.3 is 4.90 Å². The van der Waals surface area contributed by atoms with E-state index >= 15 is 0 Å². The Morgan fingerprint density at radius 1 is 1.05 bits per heavy atom. The van der Waals surface area contributed by atoms with Crippen molar-refractivity contribution in [3.05, 3.63) is 0 Å². The van der Waals surface area contributed by atoms with Crippen molar-refractivity contribution in [2.75, 3.05) is 64.4 Å². The van der Waals surface area contributed by atoms with Crippen LogP contribution in [-0.2, 0) is 4.79 Å². The van der Waals surface area contributed by atoms with Crippen LogP contribution in [0.1, 0.15) is 19.8 Å².